The molecule has 0 spiro atoms. The number of halogens is 1. The first-order chi connectivity index (χ1) is 6.70. The average Bonchev–Trinajstić information content (AvgIpc) is 2.17. The molecule has 1 amide bonds. The van der Waals surface area contributed by atoms with Gasteiger partial charge in [0.2, 0.25) is 5.91 Å². The van der Waals surface area contributed by atoms with E-state index in [1.165, 1.54) is 5.56 Å². The van der Waals surface area contributed by atoms with Crippen LogP contribution in [0.1, 0.15) is 18.9 Å². The van der Waals surface area contributed by atoms with E-state index in [9.17, 15) is 4.79 Å². The number of rotatable bonds is 0. The van der Waals surface area contributed by atoms with E-state index in [1.54, 1.807) is 6.92 Å². The highest BCUT2D eigenvalue weighted by molar-refractivity contribution is 9.10. The number of nitrogens with zero attached hydrogens (tertiary/aromatic N) is 1. The van der Waals surface area contributed by atoms with Gasteiger partial charge in [0.25, 0.3) is 0 Å². The van der Waals surface area contributed by atoms with Crippen LogP contribution in [0.3, 0.4) is 0 Å². The molecule has 0 saturated heterocycles. The lowest BCUT2D eigenvalue weighted by atomic mass is 10.0. The first-order valence-corrected chi connectivity index (χ1v) is 5.55. The Bertz CT molecular complexity index is 376. The van der Waals surface area contributed by atoms with E-state index in [0.717, 1.165) is 29.5 Å². The normalized spacial score (nSPS) is 15.1. The lowest BCUT2D eigenvalue weighted by Crippen LogP contribution is -2.33. The summed E-state index contributed by atoms with van der Waals surface area (Å²) in [4.78, 5) is 13.2. The van der Waals surface area contributed by atoms with E-state index in [2.05, 4.69) is 15.9 Å². The Kier molecular flexibility index (Phi) is 2.59. The highest BCUT2D eigenvalue weighted by Crippen LogP contribution is 2.32. The maximum atomic E-state index is 11.4. The van der Waals surface area contributed by atoms with Gasteiger partial charge in [0, 0.05) is 23.6 Å². The second-order valence-corrected chi connectivity index (χ2v) is 4.37. The Morgan fingerprint density at radius 1 is 1.50 bits per heavy atom. The number of anilines is 1. The van der Waals surface area contributed by atoms with Crippen molar-refractivity contribution in [2.24, 2.45) is 0 Å². The number of hydrogen-bond donors (Lipinski definition) is 0. The predicted molar refractivity (Wildman–Crippen MR) is 60.5 cm³/mol. The van der Waals surface area contributed by atoms with Gasteiger partial charge in [-0.25, -0.2) is 0 Å². The van der Waals surface area contributed by atoms with Crippen LogP contribution in [0.25, 0.3) is 0 Å². The fourth-order valence-electron chi connectivity index (χ4n) is 1.91. The predicted octanol–water partition coefficient (Wildman–Crippen LogP) is 2.75. The largest absolute Gasteiger partial charge is 0.312 e. The van der Waals surface area contributed by atoms with E-state index in [4.69, 9.17) is 0 Å². The minimum atomic E-state index is 0.129. The van der Waals surface area contributed by atoms with Crippen LogP contribution in [-0.2, 0) is 11.2 Å². The molecule has 0 bridgehead atoms. The van der Waals surface area contributed by atoms with Crippen molar-refractivity contribution in [1.29, 1.82) is 0 Å². The second-order valence-electron chi connectivity index (χ2n) is 3.51. The molecule has 0 unspecified atom stereocenters. The summed E-state index contributed by atoms with van der Waals surface area (Å²) in [6.45, 7) is 2.47. The molecule has 1 aliphatic heterocycles. The fraction of sp³-hybridized carbons (Fsp3) is 0.364. The van der Waals surface area contributed by atoms with Crippen LogP contribution >= 0.6 is 15.9 Å². The Hall–Kier alpha value is -0.830. The summed E-state index contributed by atoms with van der Waals surface area (Å²) in [6, 6.07) is 6.02. The molecular weight excluding hydrogens is 242 g/mol. The van der Waals surface area contributed by atoms with Crippen LogP contribution in [0.4, 0.5) is 5.69 Å². The monoisotopic (exact) mass is 253 g/mol. The summed E-state index contributed by atoms with van der Waals surface area (Å²) in [5.41, 5.74) is 2.33. The zero-order chi connectivity index (χ0) is 10.1. The minimum absolute atomic E-state index is 0.129. The average molecular weight is 254 g/mol. The van der Waals surface area contributed by atoms with Crippen LogP contribution in [0, 0.1) is 0 Å². The third-order valence-electron chi connectivity index (χ3n) is 2.57. The molecular formula is C11H12BrNO. The van der Waals surface area contributed by atoms with Crippen LogP contribution < -0.4 is 4.90 Å². The van der Waals surface area contributed by atoms with E-state index in [-0.39, 0.29) is 5.91 Å². The second kappa shape index (κ2) is 3.73. The van der Waals surface area contributed by atoms with Crippen molar-refractivity contribution in [2.45, 2.75) is 19.8 Å². The molecule has 0 fully saturated rings. The Balaban J connectivity index is 2.49. The molecule has 74 valence electrons. The van der Waals surface area contributed by atoms with Gasteiger partial charge in [0.15, 0.2) is 0 Å². The van der Waals surface area contributed by atoms with Gasteiger partial charge in [-0.15, -0.1) is 0 Å². The highest BCUT2D eigenvalue weighted by Gasteiger charge is 2.20. The van der Waals surface area contributed by atoms with Crippen LogP contribution in [0.5, 0.6) is 0 Å². The summed E-state index contributed by atoms with van der Waals surface area (Å²) in [5, 5.41) is 0. The quantitative estimate of drug-likeness (QED) is 0.697. The lowest BCUT2D eigenvalue weighted by Gasteiger charge is -2.29. The summed E-state index contributed by atoms with van der Waals surface area (Å²) >= 11 is 3.52. The molecule has 0 aliphatic carbocycles. The van der Waals surface area contributed by atoms with Gasteiger partial charge in [-0.3, -0.25) is 4.79 Å². The van der Waals surface area contributed by atoms with E-state index in [0.29, 0.717) is 0 Å². The van der Waals surface area contributed by atoms with Crippen LogP contribution in [0.2, 0.25) is 0 Å². The molecule has 1 aliphatic rings. The van der Waals surface area contributed by atoms with Crippen molar-refractivity contribution in [3.63, 3.8) is 0 Å². The molecule has 1 aromatic carbocycles. The molecule has 14 heavy (non-hydrogen) atoms. The Labute approximate surface area is 92.0 Å². The first kappa shape index (κ1) is 9.71. The number of carbonyl (C=O) groups excluding carboxylic acids is 1. The van der Waals surface area contributed by atoms with Gasteiger partial charge in [0.05, 0.1) is 0 Å². The summed E-state index contributed by atoms with van der Waals surface area (Å²) in [5.74, 6) is 0.129. The minimum Gasteiger partial charge on any atom is -0.312 e. The molecule has 2 nitrogen and oxygen atoms in total. The van der Waals surface area contributed by atoms with Crippen molar-refractivity contribution in [3.8, 4) is 0 Å². The zero-order valence-electron chi connectivity index (χ0n) is 8.09. The van der Waals surface area contributed by atoms with Gasteiger partial charge in [-0.1, -0.05) is 22.0 Å². The van der Waals surface area contributed by atoms with E-state index < -0.39 is 0 Å². The molecule has 0 aromatic heterocycles. The summed E-state index contributed by atoms with van der Waals surface area (Å²) in [6.07, 6.45) is 2.11. The molecule has 0 N–H and O–H groups in total. The zero-order valence-corrected chi connectivity index (χ0v) is 9.67. The van der Waals surface area contributed by atoms with Gasteiger partial charge < -0.3 is 4.90 Å². The standard InChI is InChI=1S/C11H12BrNO/c1-8(14)13-7-3-4-9-10(12)5-2-6-11(9)13/h2,5-6H,3-4,7H2,1H3. The van der Waals surface area contributed by atoms with Gasteiger partial charge in [-0.2, -0.15) is 0 Å². The van der Waals surface area contributed by atoms with Gasteiger partial charge in [0.1, 0.15) is 0 Å². The topological polar surface area (TPSA) is 20.3 Å². The summed E-state index contributed by atoms with van der Waals surface area (Å²) in [7, 11) is 0. The maximum Gasteiger partial charge on any atom is 0.223 e. The smallest absolute Gasteiger partial charge is 0.223 e. The molecule has 1 heterocycles. The molecule has 0 radical (unpaired) electrons. The van der Waals surface area contributed by atoms with E-state index >= 15 is 0 Å². The number of amides is 1. The van der Waals surface area contributed by atoms with E-state index in [1.807, 2.05) is 23.1 Å². The fourth-order valence-corrected chi connectivity index (χ4v) is 2.46. The lowest BCUT2D eigenvalue weighted by molar-refractivity contribution is -0.116. The SMILES string of the molecule is CC(=O)N1CCCc2c(Br)cccc21. The number of benzene rings is 1. The highest BCUT2D eigenvalue weighted by atomic mass is 79.9. The van der Waals surface area contributed by atoms with Crippen LogP contribution in [0.15, 0.2) is 22.7 Å². The Morgan fingerprint density at radius 2 is 2.29 bits per heavy atom. The molecule has 1 aromatic rings. The van der Waals surface area contributed by atoms with Crippen molar-refractivity contribution < 1.29 is 4.79 Å². The molecule has 2 rings (SSSR count). The van der Waals surface area contributed by atoms with Gasteiger partial charge >= 0.3 is 0 Å². The van der Waals surface area contributed by atoms with Crippen molar-refractivity contribution in [1.82, 2.24) is 0 Å². The summed E-state index contributed by atoms with van der Waals surface area (Å²) < 4.78 is 1.11. The first-order valence-electron chi connectivity index (χ1n) is 4.75. The molecule has 0 atom stereocenters. The molecule has 3 heteroatoms. The number of fused-ring (bicyclic) bond motifs is 1. The van der Waals surface area contributed by atoms with Crippen molar-refractivity contribution >= 4 is 27.5 Å². The van der Waals surface area contributed by atoms with Crippen molar-refractivity contribution in [2.75, 3.05) is 11.4 Å². The third kappa shape index (κ3) is 1.57. The number of carbonyl (C=O) groups is 1. The maximum absolute atomic E-state index is 11.4. The Morgan fingerprint density at radius 3 is 3.00 bits per heavy atom. The molecule has 0 saturated carbocycles. The van der Waals surface area contributed by atoms with Crippen molar-refractivity contribution in [3.05, 3.63) is 28.2 Å². The van der Waals surface area contributed by atoms with Gasteiger partial charge in [-0.05, 0) is 30.5 Å². The third-order valence-corrected chi connectivity index (χ3v) is 3.32. The number of hydrogen-bond acceptors (Lipinski definition) is 1. The van der Waals surface area contributed by atoms with Crippen LogP contribution in [-0.4, -0.2) is 12.5 Å².